The van der Waals surface area contributed by atoms with Gasteiger partial charge in [-0.2, -0.15) is 13.2 Å². The summed E-state index contributed by atoms with van der Waals surface area (Å²) in [5.41, 5.74) is 0.409. The maximum absolute atomic E-state index is 13.8. The van der Waals surface area contributed by atoms with Crippen LogP contribution in [0.2, 0.25) is 0 Å². The van der Waals surface area contributed by atoms with Gasteiger partial charge < -0.3 is 24.2 Å². The summed E-state index contributed by atoms with van der Waals surface area (Å²) in [5, 5.41) is 13.1. The molecule has 7 rings (SSSR count). The average molecular weight is 608 g/mol. The quantitative estimate of drug-likeness (QED) is 0.356. The van der Waals surface area contributed by atoms with Crippen molar-refractivity contribution >= 4 is 34.7 Å². The van der Waals surface area contributed by atoms with E-state index in [2.05, 4.69) is 20.3 Å². The van der Waals surface area contributed by atoms with Crippen molar-refractivity contribution in [3.8, 4) is 11.1 Å². The van der Waals surface area contributed by atoms with Gasteiger partial charge in [-0.1, -0.05) is 12.1 Å². The Morgan fingerprint density at radius 1 is 1.11 bits per heavy atom. The Labute approximate surface area is 249 Å². The summed E-state index contributed by atoms with van der Waals surface area (Å²) < 4.78 is 48.9. The van der Waals surface area contributed by atoms with E-state index in [1.165, 1.54) is 19.3 Å². The number of nitrogens with one attached hydrogen (secondary N) is 1. The van der Waals surface area contributed by atoms with Crippen molar-refractivity contribution in [2.24, 2.45) is 0 Å². The van der Waals surface area contributed by atoms with Crippen molar-refractivity contribution in [3.63, 3.8) is 0 Å². The van der Waals surface area contributed by atoms with Crippen LogP contribution in [0.1, 0.15) is 29.5 Å². The number of aromatic nitrogens is 4. The molecule has 0 radical (unpaired) electrons. The number of likely N-dealkylation sites (tertiary alicyclic amines) is 1. The molecule has 1 aromatic carbocycles. The van der Waals surface area contributed by atoms with Gasteiger partial charge in [0.1, 0.15) is 35.8 Å². The lowest BCUT2D eigenvalue weighted by molar-refractivity contribution is -0.138. The van der Waals surface area contributed by atoms with Gasteiger partial charge in [0.05, 0.1) is 17.1 Å². The summed E-state index contributed by atoms with van der Waals surface area (Å²) in [6.07, 6.45) is -0.295. The Morgan fingerprint density at radius 2 is 1.89 bits per heavy atom. The second-order valence-electron chi connectivity index (χ2n) is 11.4. The van der Waals surface area contributed by atoms with E-state index in [4.69, 9.17) is 4.74 Å². The third kappa shape index (κ3) is 4.60. The fraction of sp³-hybridized carbons (Fsp3) is 0.367. The van der Waals surface area contributed by atoms with Crippen LogP contribution in [0.5, 0.6) is 0 Å². The number of anilines is 2. The van der Waals surface area contributed by atoms with Crippen LogP contribution in [0, 0.1) is 6.92 Å². The monoisotopic (exact) mass is 607 g/mol. The molecule has 3 aliphatic heterocycles. The van der Waals surface area contributed by atoms with Gasteiger partial charge in [0.2, 0.25) is 5.91 Å². The largest absolute Gasteiger partial charge is 0.437 e. The zero-order chi connectivity index (χ0) is 30.8. The van der Waals surface area contributed by atoms with Crippen LogP contribution in [0.15, 0.2) is 49.1 Å². The number of rotatable bonds is 4. The summed E-state index contributed by atoms with van der Waals surface area (Å²) in [7, 11) is 0. The van der Waals surface area contributed by atoms with Gasteiger partial charge in [-0.05, 0) is 36.2 Å². The predicted octanol–water partition coefficient (Wildman–Crippen LogP) is 4.08. The number of aliphatic hydroxyl groups is 1. The number of nitrogens with zero attached hydrogens (tertiary/aromatic N) is 6. The van der Waals surface area contributed by atoms with E-state index in [-0.39, 0.29) is 18.0 Å². The molecule has 3 aliphatic rings. The zero-order valence-electron chi connectivity index (χ0n) is 23.6. The minimum Gasteiger partial charge on any atom is -0.437 e. The molecule has 0 atom stereocenters. The lowest BCUT2D eigenvalue weighted by Crippen LogP contribution is -2.51. The number of halogens is 3. The lowest BCUT2D eigenvalue weighted by atomic mass is 9.83. The highest BCUT2D eigenvalue weighted by Crippen LogP contribution is 2.44. The van der Waals surface area contributed by atoms with E-state index in [9.17, 15) is 27.9 Å². The topological polar surface area (TPSA) is 126 Å². The van der Waals surface area contributed by atoms with Gasteiger partial charge in [0.15, 0.2) is 0 Å². The number of carbonyl (C=O) groups excluding carboxylic acids is 2. The van der Waals surface area contributed by atoms with E-state index in [1.54, 1.807) is 34.0 Å². The number of ether oxygens (including phenoxy) is 1. The normalized spacial score (nSPS) is 18.2. The number of amides is 2. The number of pyridine rings is 1. The van der Waals surface area contributed by atoms with Crippen molar-refractivity contribution in [1.82, 2.24) is 24.4 Å². The Morgan fingerprint density at radius 3 is 2.61 bits per heavy atom. The molecular weight excluding hydrogens is 579 g/mol. The van der Waals surface area contributed by atoms with Crippen molar-refractivity contribution in [2.45, 2.75) is 44.2 Å². The standard InChI is InChI=1S/C30H28F3N7O4/c1-17-19(4-2-5-21(17)30(31,32)33)20-14-40(27-24(20)26(35-16-36-27)39-12-18(41)13-39)15-23(42)38-10-7-29(8-11-38)22-6-3-9-34-25(22)37-28(43)44-29/h2-6,9,14,16,18,41H,7-8,10-13,15H2,1H3,(H,34,37,43). The SMILES string of the molecule is Cc1c(-c2cn(CC(=O)N3CCC4(CC3)OC(=O)Nc3ncccc34)c3ncnc(N4CC(O)C4)c23)cccc1C(F)(F)F. The van der Waals surface area contributed by atoms with E-state index in [0.29, 0.717) is 72.8 Å². The van der Waals surface area contributed by atoms with Crippen molar-refractivity contribution in [2.75, 3.05) is 36.4 Å². The van der Waals surface area contributed by atoms with Crippen LogP contribution in [-0.4, -0.2) is 73.8 Å². The smallest absolute Gasteiger partial charge is 0.416 e. The fourth-order valence-electron chi connectivity index (χ4n) is 6.50. The summed E-state index contributed by atoms with van der Waals surface area (Å²) >= 11 is 0. The minimum atomic E-state index is -4.54. The number of alkyl halides is 3. The Kier molecular flexibility index (Phi) is 6.50. The average Bonchev–Trinajstić information content (AvgIpc) is 3.33. The van der Waals surface area contributed by atoms with Crippen LogP contribution in [0.3, 0.4) is 0 Å². The molecule has 44 heavy (non-hydrogen) atoms. The Balaban J connectivity index is 1.21. The molecule has 11 nitrogen and oxygen atoms in total. The zero-order valence-corrected chi connectivity index (χ0v) is 23.6. The summed E-state index contributed by atoms with van der Waals surface area (Å²) in [6.45, 7) is 2.61. The number of hydrogen-bond donors (Lipinski definition) is 2. The molecule has 0 bridgehead atoms. The first-order valence-electron chi connectivity index (χ1n) is 14.2. The highest BCUT2D eigenvalue weighted by molar-refractivity contribution is 6.03. The number of benzene rings is 1. The van der Waals surface area contributed by atoms with Crippen LogP contribution in [-0.2, 0) is 27.9 Å². The van der Waals surface area contributed by atoms with Gasteiger partial charge >= 0.3 is 12.3 Å². The number of hydrogen-bond acceptors (Lipinski definition) is 8. The molecule has 1 spiro atoms. The number of β-amino-alcohol motifs (C(OH)–C–C–N with tert-alkyl or cyclic N) is 1. The van der Waals surface area contributed by atoms with Gasteiger partial charge in [-0.3, -0.25) is 10.1 Å². The Bertz CT molecular complexity index is 1790. The molecule has 228 valence electrons. The highest BCUT2D eigenvalue weighted by Gasteiger charge is 2.45. The van der Waals surface area contributed by atoms with E-state index >= 15 is 0 Å². The second kappa shape index (κ2) is 10.2. The van der Waals surface area contributed by atoms with Crippen LogP contribution in [0.4, 0.5) is 29.6 Å². The molecule has 0 aliphatic carbocycles. The summed E-state index contributed by atoms with van der Waals surface area (Å²) in [5.74, 6) is 0.721. The molecule has 2 N–H and O–H groups in total. The highest BCUT2D eigenvalue weighted by atomic mass is 19.4. The van der Waals surface area contributed by atoms with E-state index < -0.39 is 29.5 Å². The first kappa shape index (κ1) is 28.1. The second-order valence-corrected chi connectivity index (χ2v) is 11.4. The van der Waals surface area contributed by atoms with Crippen molar-refractivity contribution < 1.29 is 32.6 Å². The number of piperidine rings is 1. The van der Waals surface area contributed by atoms with Gasteiger partial charge in [0, 0.05) is 62.5 Å². The maximum atomic E-state index is 13.8. The minimum absolute atomic E-state index is 0.0523. The van der Waals surface area contributed by atoms with E-state index in [0.717, 1.165) is 11.6 Å². The fourth-order valence-corrected chi connectivity index (χ4v) is 6.50. The van der Waals surface area contributed by atoms with Crippen molar-refractivity contribution in [3.05, 3.63) is 65.7 Å². The third-order valence-corrected chi connectivity index (χ3v) is 8.76. The molecule has 6 heterocycles. The van der Waals surface area contributed by atoms with Crippen LogP contribution in [0.25, 0.3) is 22.2 Å². The molecule has 0 unspecified atom stereocenters. The summed E-state index contributed by atoms with van der Waals surface area (Å²) in [6, 6.07) is 7.65. The molecule has 4 aromatic rings. The molecule has 14 heteroatoms. The van der Waals surface area contributed by atoms with Crippen LogP contribution >= 0.6 is 0 Å². The molecule has 2 saturated heterocycles. The van der Waals surface area contributed by atoms with Gasteiger partial charge in [-0.25, -0.2) is 19.7 Å². The third-order valence-electron chi connectivity index (χ3n) is 8.76. The molecule has 0 saturated carbocycles. The molecule has 2 fully saturated rings. The first-order valence-corrected chi connectivity index (χ1v) is 14.2. The van der Waals surface area contributed by atoms with Crippen molar-refractivity contribution in [1.29, 1.82) is 0 Å². The van der Waals surface area contributed by atoms with Gasteiger partial charge in [-0.15, -0.1) is 0 Å². The molecule has 2 amide bonds. The first-order chi connectivity index (χ1) is 21.0. The van der Waals surface area contributed by atoms with Crippen LogP contribution < -0.4 is 10.2 Å². The lowest BCUT2D eigenvalue weighted by Gasteiger charge is -2.43. The maximum Gasteiger partial charge on any atom is 0.416 e. The Hall–Kier alpha value is -4.72. The number of aliphatic hydroxyl groups excluding tert-OH is 1. The number of fused-ring (bicyclic) bond motifs is 3. The molecule has 3 aromatic heterocycles. The van der Waals surface area contributed by atoms with E-state index in [1.807, 2.05) is 11.0 Å². The molecular formula is C30H28F3N7O4. The van der Waals surface area contributed by atoms with Gasteiger partial charge in [0.25, 0.3) is 0 Å². The number of carbonyl (C=O) groups is 2. The summed E-state index contributed by atoms with van der Waals surface area (Å²) in [4.78, 5) is 42.6. The predicted molar refractivity (Wildman–Crippen MR) is 153 cm³/mol.